The molecule has 0 unspecified atom stereocenters. The lowest BCUT2D eigenvalue weighted by molar-refractivity contribution is 0.0522. The van der Waals surface area contributed by atoms with Crippen LogP contribution in [0.1, 0.15) is 28.4 Å². The second-order valence-corrected chi connectivity index (χ2v) is 5.65. The van der Waals surface area contributed by atoms with Crippen molar-refractivity contribution in [1.29, 1.82) is 0 Å². The fourth-order valence-corrected chi connectivity index (χ4v) is 3.17. The maximum Gasteiger partial charge on any atom is 0.339 e. The number of carbonyl (C=O) groups is 1. The predicted octanol–water partition coefficient (Wildman–Crippen LogP) is 4.05. The minimum absolute atomic E-state index is 0.322. The molecule has 0 atom stereocenters. The molecule has 0 spiro atoms. The van der Waals surface area contributed by atoms with Crippen LogP contribution in [-0.2, 0) is 10.5 Å². The van der Waals surface area contributed by atoms with Crippen LogP contribution in [0.3, 0.4) is 0 Å². The Morgan fingerprint density at radius 3 is 2.67 bits per heavy atom. The number of carbonyl (C=O) groups excluding carboxylic acids is 1. The zero-order chi connectivity index (χ0) is 15.2. The van der Waals surface area contributed by atoms with Gasteiger partial charge < -0.3 is 10.5 Å². The topological polar surface area (TPSA) is 52.3 Å². The molecule has 0 bridgehead atoms. The summed E-state index contributed by atoms with van der Waals surface area (Å²) in [4.78, 5) is 12.8. The molecule has 2 aromatic rings. The van der Waals surface area contributed by atoms with E-state index in [2.05, 4.69) is 19.1 Å². The van der Waals surface area contributed by atoms with Crippen LogP contribution < -0.4 is 5.73 Å². The first-order chi connectivity index (χ1) is 10.1. The van der Waals surface area contributed by atoms with Crippen molar-refractivity contribution in [2.24, 2.45) is 0 Å². The first kappa shape index (κ1) is 15.4. The van der Waals surface area contributed by atoms with Crippen LogP contribution in [0.15, 0.2) is 47.4 Å². The lowest BCUT2D eigenvalue weighted by Crippen LogP contribution is -2.07. The summed E-state index contributed by atoms with van der Waals surface area (Å²) in [6, 6.07) is 13.5. The van der Waals surface area contributed by atoms with Crippen LogP contribution in [0, 0.1) is 6.92 Å². The Hall–Kier alpha value is -1.94. The van der Waals surface area contributed by atoms with Crippen molar-refractivity contribution in [3.05, 3.63) is 59.2 Å². The van der Waals surface area contributed by atoms with E-state index in [9.17, 15) is 4.79 Å². The van der Waals surface area contributed by atoms with E-state index >= 15 is 0 Å². The van der Waals surface area contributed by atoms with Crippen molar-refractivity contribution >= 4 is 23.4 Å². The van der Waals surface area contributed by atoms with Gasteiger partial charge in [-0.1, -0.05) is 30.3 Å². The van der Waals surface area contributed by atoms with E-state index < -0.39 is 0 Å². The highest BCUT2D eigenvalue weighted by Crippen LogP contribution is 2.32. The Morgan fingerprint density at radius 1 is 1.19 bits per heavy atom. The molecular weight excluding hydrogens is 282 g/mol. The molecule has 4 heteroatoms. The molecule has 0 aromatic heterocycles. The van der Waals surface area contributed by atoms with Gasteiger partial charge in [0.05, 0.1) is 12.2 Å². The minimum atomic E-state index is -0.322. The number of hydrogen-bond acceptors (Lipinski definition) is 4. The normalized spacial score (nSPS) is 10.4. The average Bonchev–Trinajstić information content (AvgIpc) is 2.47. The first-order valence-corrected chi connectivity index (χ1v) is 7.85. The zero-order valence-electron chi connectivity index (χ0n) is 12.3. The molecular formula is C17H19NO2S. The summed E-state index contributed by atoms with van der Waals surface area (Å²) >= 11 is 1.57. The number of hydrogen-bond donors (Lipinski definition) is 1. The van der Waals surface area contributed by atoms with Crippen LogP contribution in [0.25, 0.3) is 0 Å². The Bertz CT molecular complexity index is 640. The maximum atomic E-state index is 12.0. The van der Waals surface area contributed by atoms with Gasteiger partial charge in [0.1, 0.15) is 0 Å². The largest absolute Gasteiger partial charge is 0.462 e. The Kier molecular flexibility index (Phi) is 5.28. The number of benzene rings is 2. The molecule has 0 aliphatic carbocycles. The molecule has 0 amide bonds. The van der Waals surface area contributed by atoms with Gasteiger partial charge in [0.2, 0.25) is 0 Å². The van der Waals surface area contributed by atoms with Crippen molar-refractivity contribution < 1.29 is 9.53 Å². The SMILES string of the molecule is CCOC(=O)c1cccc(N)c1SCc1ccccc1C. The molecule has 0 fully saturated rings. The predicted molar refractivity (Wildman–Crippen MR) is 87.6 cm³/mol. The smallest absolute Gasteiger partial charge is 0.339 e. The molecule has 0 saturated heterocycles. The van der Waals surface area contributed by atoms with Crippen LogP contribution in [0.4, 0.5) is 5.69 Å². The molecule has 0 aliphatic heterocycles. The second-order valence-electron chi connectivity index (χ2n) is 4.66. The summed E-state index contributed by atoms with van der Waals surface area (Å²) in [6.07, 6.45) is 0. The quantitative estimate of drug-likeness (QED) is 0.514. The van der Waals surface area contributed by atoms with E-state index in [0.29, 0.717) is 17.9 Å². The molecule has 2 rings (SSSR count). The second kappa shape index (κ2) is 7.18. The molecule has 0 aliphatic rings. The van der Waals surface area contributed by atoms with Crippen LogP contribution in [0.5, 0.6) is 0 Å². The highest BCUT2D eigenvalue weighted by atomic mass is 32.2. The number of thioether (sulfide) groups is 1. The van der Waals surface area contributed by atoms with Crippen LogP contribution in [0.2, 0.25) is 0 Å². The number of nitrogens with two attached hydrogens (primary N) is 1. The van der Waals surface area contributed by atoms with Gasteiger partial charge >= 0.3 is 5.97 Å². The highest BCUT2D eigenvalue weighted by molar-refractivity contribution is 7.98. The van der Waals surface area contributed by atoms with Gasteiger partial charge in [0.25, 0.3) is 0 Å². The van der Waals surface area contributed by atoms with E-state index in [0.717, 1.165) is 10.6 Å². The van der Waals surface area contributed by atoms with Crippen molar-refractivity contribution in [3.8, 4) is 0 Å². The van der Waals surface area contributed by atoms with Crippen molar-refractivity contribution in [3.63, 3.8) is 0 Å². The monoisotopic (exact) mass is 301 g/mol. The Labute approximate surface area is 129 Å². The van der Waals surface area contributed by atoms with Gasteiger partial charge in [-0.2, -0.15) is 0 Å². The fraction of sp³-hybridized carbons (Fsp3) is 0.235. The molecule has 2 N–H and O–H groups in total. The maximum absolute atomic E-state index is 12.0. The van der Waals surface area contributed by atoms with Crippen LogP contribution >= 0.6 is 11.8 Å². The van der Waals surface area contributed by atoms with E-state index in [1.807, 2.05) is 18.2 Å². The average molecular weight is 301 g/mol. The van der Waals surface area contributed by atoms with Crippen molar-refractivity contribution in [2.45, 2.75) is 24.5 Å². The summed E-state index contributed by atoms with van der Waals surface area (Å²) in [5.74, 6) is 0.449. The van der Waals surface area contributed by atoms with Gasteiger partial charge in [-0.25, -0.2) is 4.79 Å². The van der Waals surface area contributed by atoms with E-state index in [-0.39, 0.29) is 5.97 Å². The summed E-state index contributed by atoms with van der Waals surface area (Å²) < 4.78 is 5.09. The van der Waals surface area contributed by atoms with Gasteiger partial charge in [0.15, 0.2) is 0 Å². The van der Waals surface area contributed by atoms with E-state index in [4.69, 9.17) is 10.5 Å². The molecule has 3 nitrogen and oxygen atoms in total. The van der Waals surface area contributed by atoms with Gasteiger partial charge in [-0.15, -0.1) is 11.8 Å². The molecule has 0 heterocycles. The summed E-state index contributed by atoms with van der Waals surface area (Å²) in [6.45, 7) is 4.23. The first-order valence-electron chi connectivity index (χ1n) is 6.86. The number of ether oxygens (including phenoxy) is 1. The number of esters is 1. The summed E-state index contributed by atoms with van der Waals surface area (Å²) in [5, 5.41) is 0. The van der Waals surface area contributed by atoms with E-state index in [1.54, 1.807) is 30.8 Å². The summed E-state index contributed by atoms with van der Waals surface area (Å²) in [7, 11) is 0. The Morgan fingerprint density at radius 2 is 1.95 bits per heavy atom. The lowest BCUT2D eigenvalue weighted by Gasteiger charge is -2.12. The van der Waals surface area contributed by atoms with Crippen molar-refractivity contribution in [1.82, 2.24) is 0 Å². The van der Waals surface area contributed by atoms with Crippen LogP contribution in [-0.4, -0.2) is 12.6 Å². The number of anilines is 1. The van der Waals surface area contributed by atoms with E-state index in [1.165, 1.54) is 11.1 Å². The Balaban J connectivity index is 2.23. The third-order valence-corrected chi connectivity index (χ3v) is 4.37. The van der Waals surface area contributed by atoms with Gasteiger partial charge in [-0.3, -0.25) is 0 Å². The molecule has 0 radical (unpaired) electrons. The standard InChI is InChI=1S/C17H19NO2S/c1-3-20-17(19)14-9-6-10-15(18)16(14)21-11-13-8-5-4-7-12(13)2/h4-10H,3,11,18H2,1-2H3. The fourth-order valence-electron chi connectivity index (χ4n) is 2.01. The number of rotatable bonds is 5. The molecule has 2 aromatic carbocycles. The van der Waals surface area contributed by atoms with Gasteiger partial charge in [-0.05, 0) is 37.1 Å². The lowest BCUT2D eigenvalue weighted by atomic mass is 10.1. The molecule has 0 saturated carbocycles. The third-order valence-electron chi connectivity index (χ3n) is 3.17. The number of aryl methyl sites for hydroxylation is 1. The minimum Gasteiger partial charge on any atom is -0.462 e. The molecule has 110 valence electrons. The zero-order valence-corrected chi connectivity index (χ0v) is 13.1. The van der Waals surface area contributed by atoms with Crippen molar-refractivity contribution in [2.75, 3.05) is 12.3 Å². The van der Waals surface area contributed by atoms with Gasteiger partial charge in [0, 0.05) is 16.3 Å². The third kappa shape index (κ3) is 3.79. The number of nitrogen functional groups attached to an aromatic ring is 1. The highest BCUT2D eigenvalue weighted by Gasteiger charge is 2.15. The molecule has 21 heavy (non-hydrogen) atoms. The summed E-state index contributed by atoms with van der Waals surface area (Å²) in [5.41, 5.74) is 9.65.